The van der Waals surface area contributed by atoms with Crippen LogP contribution in [-0.4, -0.2) is 36.6 Å². The smallest absolute Gasteiger partial charge is 0.254 e. The number of hydrazine groups is 1. The molecule has 5 heteroatoms. The summed E-state index contributed by atoms with van der Waals surface area (Å²) in [5.41, 5.74) is 4.43. The lowest BCUT2D eigenvalue weighted by Crippen LogP contribution is -2.60. The summed E-state index contributed by atoms with van der Waals surface area (Å²) in [5, 5.41) is 3.19. The topological polar surface area (TPSA) is 70.4 Å². The van der Waals surface area contributed by atoms with Crippen molar-refractivity contribution < 1.29 is 4.79 Å². The van der Waals surface area contributed by atoms with Crippen molar-refractivity contribution in [3.63, 3.8) is 0 Å². The number of benzene rings is 1. The van der Waals surface area contributed by atoms with Crippen molar-refractivity contribution in [2.75, 3.05) is 19.6 Å². The van der Waals surface area contributed by atoms with Crippen LogP contribution in [0.5, 0.6) is 0 Å². The Kier molecular flexibility index (Phi) is 3.73. The third-order valence-corrected chi connectivity index (χ3v) is 3.04. The lowest BCUT2D eigenvalue weighted by molar-refractivity contribution is 0.0688. The quantitative estimate of drug-likeness (QED) is 0.491. The summed E-state index contributed by atoms with van der Waals surface area (Å²) in [6.07, 6.45) is -0.0308. The van der Waals surface area contributed by atoms with Gasteiger partial charge >= 0.3 is 0 Å². The van der Waals surface area contributed by atoms with Crippen LogP contribution in [0.2, 0.25) is 0 Å². The van der Waals surface area contributed by atoms with Gasteiger partial charge in [0, 0.05) is 18.7 Å². The number of nitrogens with two attached hydrogens (primary N) is 1. The van der Waals surface area contributed by atoms with Gasteiger partial charge in [-0.3, -0.25) is 16.0 Å². The molecule has 1 heterocycles. The lowest BCUT2D eigenvalue weighted by atomic mass is 10.1. The minimum atomic E-state index is -0.0308. The number of hydrogen-bond donors (Lipinski definition) is 3. The van der Waals surface area contributed by atoms with Gasteiger partial charge in [0.05, 0.1) is 12.7 Å². The van der Waals surface area contributed by atoms with Crippen molar-refractivity contribution >= 4 is 5.91 Å². The molecule has 0 radical (unpaired) electrons. The molecular formula is C12H18N4O. The van der Waals surface area contributed by atoms with Crippen LogP contribution < -0.4 is 16.6 Å². The van der Waals surface area contributed by atoms with Gasteiger partial charge in [0.25, 0.3) is 5.91 Å². The van der Waals surface area contributed by atoms with E-state index in [-0.39, 0.29) is 12.1 Å². The van der Waals surface area contributed by atoms with Gasteiger partial charge in [-0.2, -0.15) is 0 Å². The first-order chi connectivity index (χ1) is 8.22. The van der Waals surface area contributed by atoms with E-state index in [1.807, 2.05) is 36.1 Å². The van der Waals surface area contributed by atoms with E-state index in [0.717, 1.165) is 17.7 Å². The van der Waals surface area contributed by atoms with E-state index in [9.17, 15) is 4.79 Å². The number of nitrogens with one attached hydrogen (secondary N) is 2. The Balaban J connectivity index is 2.12. The average Bonchev–Trinajstić information content (AvgIpc) is 2.38. The van der Waals surface area contributed by atoms with Gasteiger partial charge in [-0.15, -0.1) is 0 Å². The molecule has 1 atom stereocenters. The number of carbonyl (C=O) groups excluding carboxylic acids is 1. The summed E-state index contributed by atoms with van der Waals surface area (Å²) < 4.78 is 0. The number of piperazine rings is 1. The molecule has 17 heavy (non-hydrogen) atoms. The van der Waals surface area contributed by atoms with Crippen molar-refractivity contribution in [1.82, 2.24) is 15.6 Å². The van der Waals surface area contributed by atoms with Crippen molar-refractivity contribution in [3.05, 3.63) is 35.4 Å². The normalized spacial score (nSPS) is 20.4. The molecule has 1 aromatic carbocycles. The van der Waals surface area contributed by atoms with Crippen LogP contribution in [0.3, 0.4) is 0 Å². The summed E-state index contributed by atoms with van der Waals surface area (Å²) in [7, 11) is 0. The third-order valence-electron chi connectivity index (χ3n) is 3.04. The van der Waals surface area contributed by atoms with Crippen LogP contribution in [0, 0.1) is 6.92 Å². The largest absolute Gasteiger partial charge is 0.334 e. The summed E-state index contributed by atoms with van der Waals surface area (Å²) in [5.74, 6) is 5.46. The summed E-state index contributed by atoms with van der Waals surface area (Å²) >= 11 is 0. The van der Waals surface area contributed by atoms with E-state index in [1.54, 1.807) is 0 Å². The van der Waals surface area contributed by atoms with Crippen LogP contribution in [0.15, 0.2) is 24.3 Å². The third kappa shape index (κ3) is 2.63. The maximum absolute atomic E-state index is 12.3. The van der Waals surface area contributed by atoms with Gasteiger partial charge in [-0.1, -0.05) is 18.2 Å². The molecule has 1 unspecified atom stereocenters. The first-order valence-electron chi connectivity index (χ1n) is 5.77. The second-order valence-corrected chi connectivity index (χ2v) is 4.24. The molecule has 0 saturated carbocycles. The first kappa shape index (κ1) is 12.0. The average molecular weight is 234 g/mol. The zero-order valence-corrected chi connectivity index (χ0v) is 9.94. The van der Waals surface area contributed by atoms with Crippen LogP contribution in [0.1, 0.15) is 15.9 Å². The summed E-state index contributed by atoms with van der Waals surface area (Å²) in [6, 6.07) is 7.65. The molecule has 1 amide bonds. The number of hydrogen-bond acceptors (Lipinski definition) is 4. The molecule has 0 aliphatic carbocycles. The minimum Gasteiger partial charge on any atom is -0.334 e. The van der Waals surface area contributed by atoms with Crippen LogP contribution in [0.25, 0.3) is 0 Å². The molecule has 1 aromatic rings. The Morgan fingerprint density at radius 1 is 1.53 bits per heavy atom. The molecule has 2 rings (SSSR count). The molecule has 0 aromatic heterocycles. The number of rotatable bonds is 2. The molecular weight excluding hydrogens is 216 g/mol. The fourth-order valence-electron chi connectivity index (χ4n) is 2.03. The van der Waals surface area contributed by atoms with Crippen LogP contribution in [0.4, 0.5) is 0 Å². The second kappa shape index (κ2) is 5.27. The van der Waals surface area contributed by atoms with Crippen molar-refractivity contribution in [2.45, 2.75) is 13.1 Å². The highest BCUT2D eigenvalue weighted by molar-refractivity contribution is 5.95. The van der Waals surface area contributed by atoms with Gasteiger partial charge in [0.1, 0.15) is 0 Å². The van der Waals surface area contributed by atoms with Gasteiger partial charge in [0.15, 0.2) is 0 Å². The Hall–Kier alpha value is -1.43. The van der Waals surface area contributed by atoms with E-state index < -0.39 is 0 Å². The predicted octanol–water partition coefficient (Wildman–Crippen LogP) is -0.170. The van der Waals surface area contributed by atoms with E-state index in [0.29, 0.717) is 13.1 Å². The molecule has 1 fully saturated rings. The molecule has 1 aliphatic rings. The molecule has 0 bridgehead atoms. The van der Waals surface area contributed by atoms with Gasteiger partial charge in [-0.05, 0) is 18.6 Å². The zero-order chi connectivity index (χ0) is 12.3. The number of carbonyl (C=O) groups is 1. The second-order valence-electron chi connectivity index (χ2n) is 4.24. The van der Waals surface area contributed by atoms with E-state index in [1.165, 1.54) is 0 Å². The van der Waals surface area contributed by atoms with E-state index in [2.05, 4.69) is 10.7 Å². The Morgan fingerprint density at radius 3 is 3.00 bits per heavy atom. The van der Waals surface area contributed by atoms with E-state index in [4.69, 9.17) is 5.84 Å². The number of aryl methyl sites for hydroxylation is 1. The minimum absolute atomic E-state index is 0.0308. The van der Waals surface area contributed by atoms with Crippen molar-refractivity contribution in [1.29, 1.82) is 0 Å². The highest BCUT2D eigenvalue weighted by Crippen LogP contribution is 2.11. The molecule has 0 spiro atoms. The molecule has 92 valence electrons. The SMILES string of the molecule is Cc1ccccc1C(=O)N1CCNC(NN)C1. The first-order valence-corrected chi connectivity index (χ1v) is 5.77. The standard InChI is InChI=1S/C12H18N4O/c1-9-4-2-3-5-10(9)12(17)16-7-6-14-11(8-16)15-13/h2-5,11,14-15H,6-8,13H2,1H3. The van der Waals surface area contributed by atoms with Crippen molar-refractivity contribution in [2.24, 2.45) is 5.84 Å². The van der Waals surface area contributed by atoms with Gasteiger partial charge in [0.2, 0.25) is 0 Å². The fraction of sp³-hybridized carbons (Fsp3) is 0.417. The molecule has 1 aliphatic heterocycles. The number of amides is 1. The Bertz CT molecular complexity index is 407. The van der Waals surface area contributed by atoms with Crippen LogP contribution >= 0.6 is 0 Å². The lowest BCUT2D eigenvalue weighted by Gasteiger charge is -2.33. The maximum Gasteiger partial charge on any atom is 0.254 e. The highest BCUT2D eigenvalue weighted by atomic mass is 16.2. The molecule has 4 N–H and O–H groups in total. The monoisotopic (exact) mass is 234 g/mol. The highest BCUT2D eigenvalue weighted by Gasteiger charge is 2.23. The Labute approximate surface area is 101 Å². The fourth-order valence-corrected chi connectivity index (χ4v) is 2.03. The molecule has 5 nitrogen and oxygen atoms in total. The molecule has 1 saturated heterocycles. The summed E-state index contributed by atoms with van der Waals surface area (Å²) in [6.45, 7) is 4.01. The van der Waals surface area contributed by atoms with E-state index >= 15 is 0 Å². The van der Waals surface area contributed by atoms with Crippen molar-refractivity contribution in [3.8, 4) is 0 Å². The number of nitrogens with zero attached hydrogens (tertiary/aromatic N) is 1. The van der Waals surface area contributed by atoms with Gasteiger partial charge < -0.3 is 4.90 Å². The maximum atomic E-state index is 12.3. The summed E-state index contributed by atoms with van der Waals surface area (Å²) in [4.78, 5) is 14.1. The zero-order valence-electron chi connectivity index (χ0n) is 9.94. The Morgan fingerprint density at radius 2 is 2.29 bits per heavy atom. The predicted molar refractivity (Wildman–Crippen MR) is 66.2 cm³/mol. The van der Waals surface area contributed by atoms with Crippen LogP contribution in [-0.2, 0) is 0 Å². The van der Waals surface area contributed by atoms with Gasteiger partial charge in [-0.25, -0.2) is 5.43 Å².